The number of benzene rings is 2. The van der Waals surface area contributed by atoms with Crippen LogP contribution in [0.1, 0.15) is 29.5 Å². The van der Waals surface area contributed by atoms with Crippen molar-refractivity contribution in [1.29, 1.82) is 0 Å². The second-order valence-electron chi connectivity index (χ2n) is 7.95. The molecule has 0 aliphatic carbocycles. The van der Waals surface area contributed by atoms with Crippen LogP contribution in [0.4, 0.5) is 5.69 Å². The van der Waals surface area contributed by atoms with E-state index in [0.29, 0.717) is 38.2 Å². The first-order valence-electron chi connectivity index (χ1n) is 10.0. The zero-order valence-electron chi connectivity index (χ0n) is 16.9. The van der Waals surface area contributed by atoms with Crippen molar-refractivity contribution in [3.8, 4) is 0 Å². The molecule has 6 nitrogen and oxygen atoms in total. The third-order valence-electron chi connectivity index (χ3n) is 5.65. The highest BCUT2D eigenvalue weighted by Crippen LogP contribution is 2.29. The highest BCUT2D eigenvalue weighted by molar-refractivity contribution is 6.46. The Labute approximate surface area is 171 Å². The van der Waals surface area contributed by atoms with Crippen molar-refractivity contribution < 1.29 is 9.59 Å². The van der Waals surface area contributed by atoms with Gasteiger partial charge in [-0.1, -0.05) is 42.0 Å². The third kappa shape index (κ3) is 4.22. The Kier molecular flexibility index (Phi) is 5.20. The van der Waals surface area contributed by atoms with Crippen LogP contribution in [0.2, 0.25) is 0 Å². The van der Waals surface area contributed by atoms with Gasteiger partial charge in [0.15, 0.2) is 0 Å². The fraction of sp³-hybridized carbons (Fsp3) is 0.348. The van der Waals surface area contributed by atoms with Gasteiger partial charge in [0.05, 0.1) is 6.54 Å². The van der Waals surface area contributed by atoms with Crippen LogP contribution in [0.15, 0.2) is 53.5 Å². The molecule has 1 spiro atoms. The second-order valence-corrected chi connectivity index (χ2v) is 7.95. The summed E-state index contributed by atoms with van der Waals surface area (Å²) in [7, 11) is 0. The number of hydrogen-bond acceptors (Lipinski definition) is 4. The minimum atomic E-state index is -0.543. The summed E-state index contributed by atoms with van der Waals surface area (Å²) in [6.07, 6.45) is 1.40. The van der Waals surface area contributed by atoms with Crippen LogP contribution in [-0.4, -0.2) is 47.7 Å². The lowest BCUT2D eigenvalue weighted by Gasteiger charge is -2.36. The maximum absolute atomic E-state index is 12.5. The van der Waals surface area contributed by atoms with E-state index in [2.05, 4.69) is 15.5 Å². The van der Waals surface area contributed by atoms with E-state index in [1.807, 2.05) is 62.4 Å². The smallest absolute Gasteiger partial charge is 0.272 e. The lowest BCUT2D eigenvalue weighted by molar-refractivity contribution is -0.119. The van der Waals surface area contributed by atoms with Gasteiger partial charge in [0.2, 0.25) is 5.91 Å². The third-order valence-corrected chi connectivity index (χ3v) is 5.65. The van der Waals surface area contributed by atoms with Crippen molar-refractivity contribution in [1.82, 2.24) is 10.2 Å². The maximum Gasteiger partial charge on any atom is 0.272 e. The van der Waals surface area contributed by atoms with E-state index in [0.717, 1.165) is 22.4 Å². The van der Waals surface area contributed by atoms with E-state index >= 15 is 0 Å². The Morgan fingerprint density at radius 1 is 1.14 bits per heavy atom. The molecule has 2 aliphatic heterocycles. The molecule has 150 valence electrons. The number of amides is 2. The fourth-order valence-corrected chi connectivity index (χ4v) is 3.98. The summed E-state index contributed by atoms with van der Waals surface area (Å²) in [5.41, 5.74) is 3.83. The number of aryl methyl sites for hydroxylation is 2. The van der Waals surface area contributed by atoms with Gasteiger partial charge in [-0.25, -0.2) is 0 Å². The summed E-state index contributed by atoms with van der Waals surface area (Å²) in [5.74, 6) is -0.129. The molecule has 4 rings (SSSR count). The molecule has 0 bridgehead atoms. The topological polar surface area (TPSA) is 73.8 Å². The average Bonchev–Trinajstić information content (AvgIpc) is 3.02. The predicted molar refractivity (Wildman–Crippen MR) is 114 cm³/mol. The minimum absolute atomic E-state index is 0.0188. The number of hydrogen-bond donors (Lipinski definition) is 2. The van der Waals surface area contributed by atoms with Crippen LogP contribution in [-0.2, 0) is 9.59 Å². The number of carbonyl (C=O) groups is 2. The van der Waals surface area contributed by atoms with Gasteiger partial charge in [0, 0.05) is 37.2 Å². The quantitative estimate of drug-likeness (QED) is 0.843. The van der Waals surface area contributed by atoms with Crippen LogP contribution in [0.3, 0.4) is 0 Å². The number of likely N-dealkylation sites (tertiary alicyclic amines) is 1. The van der Waals surface area contributed by atoms with E-state index in [4.69, 9.17) is 4.99 Å². The van der Waals surface area contributed by atoms with Gasteiger partial charge in [-0.3, -0.25) is 19.5 Å². The van der Waals surface area contributed by atoms with Crippen LogP contribution < -0.4 is 10.6 Å². The number of carbonyl (C=O) groups excluding carboxylic acids is 2. The first-order valence-corrected chi connectivity index (χ1v) is 10.0. The average molecular weight is 390 g/mol. The molecule has 2 aromatic carbocycles. The van der Waals surface area contributed by atoms with E-state index in [1.165, 1.54) is 0 Å². The molecule has 2 heterocycles. The van der Waals surface area contributed by atoms with E-state index < -0.39 is 5.66 Å². The Balaban J connectivity index is 1.37. The molecule has 2 aliphatic rings. The van der Waals surface area contributed by atoms with Gasteiger partial charge >= 0.3 is 0 Å². The number of nitrogens with one attached hydrogen (secondary N) is 2. The first-order chi connectivity index (χ1) is 13.9. The molecule has 0 atom stereocenters. The normalized spacial score (nSPS) is 18.4. The lowest BCUT2D eigenvalue weighted by atomic mass is 9.98. The summed E-state index contributed by atoms with van der Waals surface area (Å²) in [5, 5.41) is 6.07. The Morgan fingerprint density at radius 3 is 2.62 bits per heavy atom. The number of piperidine rings is 1. The van der Waals surface area contributed by atoms with Gasteiger partial charge in [-0.2, -0.15) is 0 Å². The van der Waals surface area contributed by atoms with Crippen molar-refractivity contribution in [3.05, 3.63) is 65.2 Å². The molecule has 0 saturated carbocycles. The number of para-hydroxylation sites is 1. The zero-order valence-corrected chi connectivity index (χ0v) is 16.9. The van der Waals surface area contributed by atoms with Crippen molar-refractivity contribution >= 4 is 23.2 Å². The molecule has 2 aromatic rings. The van der Waals surface area contributed by atoms with Crippen LogP contribution in [0, 0.1) is 13.8 Å². The summed E-state index contributed by atoms with van der Waals surface area (Å²) in [4.78, 5) is 31.9. The summed E-state index contributed by atoms with van der Waals surface area (Å²) >= 11 is 0. The number of nitrogens with zero attached hydrogens (tertiary/aromatic N) is 2. The molecule has 6 heteroatoms. The summed E-state index contributed by atoms with van der Waals surface area (Å²) < 4.78 is 0. The van der Waals surface area contributed by atoms with Crippen LogP contribution >= 0.6 is 0 Å². The van der Waals surface area contributed by atoms with Gasteiger partial charge in [-0.15, -0.1) is 0 Å². The van der Waals surface area contributed by atoms with E-state index in [1.54, 1.807) is 0 Å². The molecular formula is C23H26N4O2. The highest BCUT2D eigenvalue weighted by atomic mass is 16.2. The second kappa shape index (κ2) is 7.79. The van der Waals surface area contributed by atoms with Gasteiger partial charge in [0.1, 0.15) is 11.4 Å². The van der Waals surface area contributed by atoms with Gasteiger partial charge < -0.3 is 10.6 Å². The first kappa shape index (κ1) is 19.3. The Hall–Kier alpha value is -2.99. The van der Waals surface area contributed by atoms with Crippen molar-refractivity contribution in [2.75, 3.05) is 25.0 Å². The van der Waals surface area contributed by atoms with E-state index in [9.17, 15) is 9.59 Å². The van der Waals surface area contributed by atoms with Crippen LogP contribution in [0.5, 0.6) is 0 Å². The lowest BCUT2D eigenvalue weighted by Crippen LogP contribution is -2.52. The monoisotopic (exact) mass is 390 g/mol. The number of aliphatic imine (C=N–C) groups is 1. The molecule has 29 heavy (non-hydrogen) atoms. The zero-order chi connectivity index (χ0) is 20.4. The number of rotatable bonds is 4. The molecule has 1 saturated heterocycles. The van der Waals surface area contributed by atoms with Crippen molar-refractivity contribution in [2.45, 2.75) is 32.4 Å². The summed E-state index contributed by atoms with van der Waals surface area (Å²) in [6, 6.07) is 15.6. The molecule has 0 aromatic heterocycles. The molecule has 0 unspecified atom stereocenters. The maximum atomic E-state index is 12.5. The molecule has 0 radical (unpaired) electrons. The van der Waals surface area contributed by atoms with E-state index in [-0.39, 0.29) is 11.8 Å². The molecule has 2 amide bonds. The van der Waals surface area contributed by atoms with Crippen LogP contribution in [0.25, 0.3) is 0 Å². The molecule has 2 N–H and O–H groups in total. The Bertz CT molecular complexity index is 974. The standard InChI is InChI=1S/C23H26N4O2/c1-16-6-5-8-18(14-16)21-22(29)26-23(25-21)10-12-27(13-11-23)15-20(28)24-19-9-4-3-7-17(19)2/h3-9,14H,10-13,15H2,1-2H3,(H,24,28)(H,26,29). The molecule has 1 fully saturated rings. The van der Waals surface area contributed by atoms with Gasteiger partial charge in [-0.05, 0) is 31.5 Å². The van der Waals surface area contributed by atoms with Gasteiger partial charge in [0.25, 0.3) is 5.91 Å². The molecular weight excluding hydrogens is 364 g/mol. The minimum Gasteiger partial charge on any atom is -0.326 e. The SMILES string of the molecule is Cc1cccc(C2=NC3(CCN(CC(=O)Nc4ccccc4C)CC3)NC2=O)c1. The summed E-state index contributed by atoms with van der Waals surface area (Å²) in [6.45, 7) is 5.75. The van der Waals surface area contributed by atoms with Crippen molar-refractivity contribution in [3.63, 3.8) is 0 Å². The predicted octanol–water partition coefficient (Wildman–Crippen LogP) is 2.65. The fourth-order valence-electron chi connectivity index (χ4n) is 3.98. The largest absolute Gasteiger partial charge is 0.326 e. The van der Waals surface area contributed by atoms with Crippen molar-refractivity contribution in [2.24, 2.45) is 4.99 Å². The number of anilines is 1. The Morgan fingerprint density at radius 2 is 1.90 bits per heavy atom. The highest BCUT2D eigenvalue weighted by Gasteiger charge is 2.42.